The van der Waals surface area contributed by atoms with Crippen molar-refractivity contribution >= 4 is 11.6 Å². The van der Waals surface area contributed by atoms with Crippen LogP contribution < -0.4 is 10.2 Å². The van der Waals surface area contributed by atoms with E-state index in [1.807, 2.05) is 0 Å². The van der Waals surface area contributed by atoms with Crippen LogP contribution in [0.1, 0.15) is 41.4 Å². The van der Waals surface area contributed by atoms with Gasteiger partial charge in [-0.05, 0) is 53.9 Å². The van der Waals surface area contributed by atoms with Gasteiger partial charge in [0.25, 0.3) is 0 Å². The molecule has 2 saturated heterocycles. The van der Waals surface area contributed by atoms with E-state index in [0.29, 0.717) is 29.7 Å². The van der Waals surface area contributed by atoms with E-state index in [4.69, 9.17) is 4.74 Å². The van der Waals surface area contributed by atoms with Gasteiger partial charge in [0.2, 0.25) is 5.91 Å². The van der Waals surface area contributed by atoms with Crippen molar-refractivity contribution in [2.24, 2.45) is 17.8 Å². The third-order valence-corrected chi connectivity index (χ3v) is 8.37. The Labute approximate surface area is 171 Å². The number of ether oxygens (including phenoxy) is 1. The highest BCUT2D eigenvalue weighted by Crippen LogP contribution is 2.63. The summed E-state index contributed by atoms with van der Waals surface area (Å²) in [4.78, 5) is 15.7. The highest BCUT2D eigenvalue weighted by molar-refractivity contribution is 5.84. The number of fused-ring (bicyclic) bond motifs is 10. The molecule has 3 aliphatic heterocycles. The van der Waals surface area contributed by atoms with Gasteiger partial charge in [0.05, 0.1) is 5.92 Å². The van der Waals surface area contributed by atoms with Crippen LogP contribution in [0.25, 0.3) is 0 Å². The first-order valence-electron chi connectivity index (χ1n) is 11.2. The maximum Gasteiger partial charge on any atom is 0.224 e. The van der Waals surface area contributed by atoms with Crippen LogP contribution in [0, 0.1) is 17.8 Å². The van der Waals surface area contributed by atoms with Crippen molar-refractivity contribution in [1.29, 1.82) is 0 Å². The average molecular weight is 386 g/mol. The Morgan fingerprint density at radius 2 is 1.76 bits per heavy atom. The van der Waals surface area contributed by atoms with Gasteiger partial charge in [0, 0.05) is 36.7 Å². The fourth-order valence-corrected chi connectivity index (χ4v) is 7.49. The number of nitrogens with zero attached hydrogens (tertiary/aromatic N) is 1. The Balaban J connectivity index is 1.43. The highest BCUT2D eigenvalue weighted by atomic mass is 16.5. The van der Waals surface area contributed by atoms with E-state index in [9.17, 15) is 4.79 Å². The summed E-state index contributed by atoms with van der Waals surface area (Å²) in [7, 11) is 0. The molecule has 0 aromatic heterocycles. The van der Waals surface area contributed by atoms with Crippen LogP contribution in [-0.4, -0.2) is 31.3 Å². The molecule has 2 aliphatic carbocycles. The van der Waals surface area contributed by atoms with Crippen LogP contribution in [0.15, 0.2) is 48.5 Å². The molecule has 1 amide bonds. The third-order valence-electron chi connectivity index (χ3n) is 8.37. The minimum absolute atomic E-state index is 0.0994. The summed E-state index contributed by atoms with van der Waals surface area (Å²) in [6.07, 6.45) is 3.50. The molecule has 4 heteroatoms. The summed E-state index contributed by atoms with van der Waals surface area (Å²) in [6.45, 7) is 1.67. The van der Waals surface area contributed by atoms with Gasteiger partial charge in [-0.15, -0.1) is 0 Å². The van der Waals surface area contributed by atoms with Crippen LogP contribution in [0.3, 0.4) is 0 Å². The lowest BCUT2D eigenvalue weighted by molar-refractivity contribution is -0.125. The molecule has 0 radical (unpaired) electrons. The predicted octanol–water partition coefficient (Wildman–Crippen LogP) is 3.43. The highest BCUT2D eigenvalue weighted by Gasteiger charge is 2.62. The number of rotatable bonds is 1. The molecule has 0 spiro atoms. The first-order valence-corrected chi connectivity index (χ1v) is 11.2. The van der Waals surface area contributed by atoms with Gasteiger partial charge in [-0.25, -0.2) is 0 Å². The second-order valence-corrected chi connectivity index (χ2v) is 9.48. The number of anilines is 1. The topological polar surface area (TPSA) is 41.6 Å². The fourth-order valence-electron chi connectivity index (χ4n) is 7.49. The number of nitrogens with one attached hydrogen (secondary N) is 1. The lowest BCUT2D eigenvalue weighted by Crippen LogP contribution is -2.54. The molecule has 1 saturated carbocycles. The van der Waals surface area contributed by atoms with E-state index in [2.05, 4.69) is 58.7 Å². The SMILES string of the molecule is O=C1NCC2C1C1c3ccccc3CC1C1C2c2ccccc2N1C1CCCO1. The molecule has 3 heterocycles. The van der Waals surface area contributed by atoms with Crippen LogP contribution in [-0.2, 0) is 16.0 Å². The summed E-state index contributed by atoms with van der Waals surface area (Å²) >= 11 is 0. The van der Waals surface area contributed by atoms with E-state index in [-0.39, 0.29) is 18.1 Å². The van der Waals surface area contributed by atoms with Gasteiger partial charge in [0.15, 0.2) is 0 Å². The Morgan fingerprint density at radius 1 is 0.931 bits per heavy atom. The zero-order valence-corrected chi connectivity index (χ0v) is 16.5. The lowest BCUT2D eigenvalue weighted by Gasteiger charge is -2.48. The zero-order chi connectivity index (χ0) is 19.1. The number of carbonyl (C=O) groups is 1. The molecular weight excluding hydrogens is 360 g/mol. The van der Waals surface area contributed by atoms with E-state index in [0.717, 1.165) is 32.4 Å². The predicted molar refractivity (Wildman–Crippen MR) is 111 cm³/mol. The van der Waals surface area contributed by atoms with Crippen molar-refractivity contribution in [3.63, 3.8) is 0 Å². The van der Waals surface area contributed by atoms with Crippen molar-refractivity contribution in [3.8, 4) is 0 Å². The smallest absolute Gasteiger partial charge is 0.224 e. The molecule has 2 aromatic carbocycles. The number of hydrogen-bond donors (Lipinski definition) is 1. The largest absolute Gasteiger partial charge is 0.358 e. The van der Waals surface area contributed by atoms with Crippen LogP contribution in [0.5, 0.6) is 0 Å². The monoisotopic (exact) mass is 386 g/mol. The van der Waals surface area contributed by atoms with Gasteiger partial charge >= 0.3 is 0 Å². The van der Waals surface area contributed by atoms with E-state index < -0.39 is 0 Å². The number of benzene rings is 2. The third kappa shape index (κ3) is 2.05. The van der Waals surface area contributed by atoms with Crippen molar-refractivity contribution in [2.75, 3.05) is 18.1 Å². The Morgan fingerprint density at radius 3 is 2.62 bits per heavy atom. The van der Waals surface area contributed by atoms with Gasteiger partial charge in [0.1, 0.15) is 6.23 Å². The van der Waals surface area contributed by atoms with Crippen molar-refractivity contribution in [1.82, 2.24) is 5.32 Å². The van der Waals surface area contributed by atoms with E-state index in [1.165, 1.54) is 22.4 Å². The quantitative estimate of drug-likeness (QED) is 0.817. The first-order chi connectivity index (χ1) is 14.3. The number of para-hydroxylation sites is 1. The van der Waals surface area contributed by atoms with Crippen LogP contribution in [0.4, 0.5) is 5.69 Å². The summed E-state index contributed by atoms with van der Waals surface area (Å²) in [5.74, 6) is 1.95. The molecule has 4 nitrogen and oxygen atoms in total. The van der Waals surface area contributed by atoms with Gasteiger partial charge in [-0.1, -0.05) is 42.5 Å². The number of amides is 1. The number of hydrogen-bond acceptors (Lipinski definition) is 3. The minimum Gasteiger partial charge on any atom is -0.358 e. The summed E-state index contributed by atoms with van der Waals surface area (Å²) < 4.78 is 6.24. The maximum atomic E-state index is 13.0. The summed E-state index contributed by atoms with van der Waals surface area (Å²) in [6, 6.07) is 18.2. The Hall–Kier alpha value is -2.33. The Bertz CT molecular complexity index is 998. The second kappa shape index (κ2) is 5.85. The zero-order valence-electron chi connectivity index (χ0n) is 16.5. The van der Waals surface area contributed by atoms with Crippen molar-refractivity contribution < 1.29 is 9.53 Å². The van der Waals surface area contributed by atoms with E-state index >= 15 is 0 Å². The summed E-state index contributed by atoms with van der Waals surface area (Å²) in [5, 5.41) is 3.24. The maximum absolute atomic E-state index is 13.0. The van der Waals surface area contributed by atoms with Crippen molar-refractivity contribution in [2.45, 2.75) is 43.4 Å². The molecule has 7 unspecified atom stereocenters. The van der Waals surface area contributed by atoms with Gasteiger partial charge in [-0.2, -0.15) is 0 Å². The second-order valence-electron chi connectivity index (χ2n) is 9.48. The number of carbonyl (C=O) groups excluding carboxylic acids is 1. The normalized spacial score (nSPS) is 38.8. The molecule has 29 heavy (non-hydrogen) atoms. The first kappa shape index (κ1) is 16.5. The van der Waals surface area contributed by atoms with Gasteiger partial charge < -0.3 is 15.0 Å². The molecule has 7 atom stereocenters. The molecule has 2 aromatic rings. The minimum atomic E-state index is 0.0994. The summed E-state index contributed by atoms with van der Waals surface area (Å²) in [5.41, 5.74) is 5.66. The molecule has 3 fully saturated rings. The van der Waals surface area contributed by atoms with Gasteiger partial charge in [-0.3, -0.25) is 4.79 Å². The molecular formula is C25H26N2O2. The van der Waals surface area contributed by atoms with Crippen molar-refractivity contribution in [3.05, 3.63) is 65.2 Å². The lowest BCUT2D eigenvalue weighted by atomic mass is 9.60. The van der Waals surface area contributed by atoms with E-state index in [1.54, 1.807) is 0 Å². The fraction of sp³-hybridized carbons (Fsp3) is 0.480. The molecule has 0 bridgehead atoms. The molecule has 148 valence electrons. The average Bonchev–Trinajstić information content (AvgIpc) is 3.51. The van der Waals surface area contributed by atoms with Crippen LogP contribution in [0.2, 0.25) is 0 Å². The Kier molecular flexibility index (Phi) is 3.32. The molecule has 5 aliphatic rings. The van der Waals surface area contributed by atoms with Crippen LogP contribution >= 0.6 is 0 Å². The molecule has 1 N–H and O–H groups in total. The molecule has 7 rings (SSSR count). The standard InChI is InChI=1S/C25H26N2O2/c28-25-23-18(13-26-25)22-16-8-3-4-9-19(16)27(20-10-5-11-29-20)24(22)17-12-14-6-1-2-7-15(14)21(17)23/h1-4,6-9,17-18,20-24H,5,10-13H2,(H,26,28).